The molecule has 0 spiro atoms. The van der Waals surface area contributed by atoms with E-state index in [9.17, 15) is 14.9 Å². The van der Waals surface area contributed by atoms with Crippen molar-refractivity contribution in [2.45, 2.75) is 37.1 Å². The molecule has 1 aliphatic carbocycles. The van der Waals surface area contributed by atoms with Gasteiger partial charge in [0.2, 0.25) is 0 Å². The van der Waals surface area contributed by atoms with E-state index in [2.05, 4.69) is 16.9 Å². The van der Waals surface area contributed by atoms with E-state index in [-0.39, 0.29) is 24.3 Å². The second-order valence-corrected chi connectivity index (χ2v) is 6.26. The second-order valence-electron chi connectivity index (χ2n) is 5.12. The zero-order valence-corrected chi connectivity index (χ0v) is 12.7. The fraction of sp³-hybridized carbons (Fsp3) is 0.500. The summed E-state index contributed by atoms with van der Waals surface area (Å²) < 4.78 is 0. The van der Waals surface area contributed by atoms with E-state index >= 15 is 0 Å². The van der Waals surface area contributed by atoms with E-state index in [0.717, 1.165) is 19.3 Å². The van der Waals surface area contributed by atoms with Crippen molar-refractivity contribution in [1.82, 2.24) is 10.6 Å². The molecule has 0 bridgehead atoms. The van der Waals surface area contributed by atoms with Gasteiger partial charge in [0.05, 0.1) is 4.92 Å². The Morgan fingerprint density at radius 1 is 1.48 bits per heavy atom. The van der Waals surface area contributed by atoms with Gasteiger partial charge in [0.25, 0.3) is 5.69 Å². The molecule has 1 aliphatic rings. The largest absolute Gasteiger partial charge is 0.335 e. The van der Waals surface area contributed by atoms with Gasteiger partial charge in [0.1, 0.15) is 0 Å². The number of urea groups is 1. The number of nitrogens with zero attached hydrogens (tertiary/aromatic N) is 1. The van der Waals surface area contributed by atoms with Gasteiger partial charge >= 0.3 is 6.03 Å². The van der Waals surface area contributed by atoms with E-state index in [1.807, 2.05) is 11.8 Å². The Labute approximate surface area is 127 Å². The molecule has 114 valence electrons. The number of non-ortho nitro benzene ring substituents is 1. The molecule has 7 heteroatoms. The molecule has 0 radical (unpaired) electrons. The molecule has 0 aromatic heterocycles. The quantitative estimate of drug-likeness (QED) is 0.647. The van der Waals surface area contributed by atoms with Crippen LogP contribution in [-0.4, -0.2) is 28.5 Å². The summed E-state index contributed by atoms with van der Waals surface area (Å²) >= 11 is 1.84. The highest BCUT2D eigenvalue weighted by Gasteiger charge is 2.24. The summed E-state index contributed by atoms with van der Waals surface area (Å²) in [6.45, 7) is 0.284. The lowest BCUT2D eigenvalue weighted by Crippen LogP contribution is -2.40. The third-order valence-electron chi connectivity index (χ3n) is 3.63. The number of nitro benzene ring substituents is 1. The standard InChI is InChI=1S/C14H19N3O3S/c1-21-13-6-5-11(8-13)16-14(18)15-9-10-3-2-4-12(7-10)17(19)20/h2-4,7,11,13H,5-6,8-9H2,1H3,(H2,15,16,18)/t11-,13+/m1/s1. The zero-order valence-electron chi connectivity index (χ0n) is 11.9. The van der Waals surface area contributed by atoms with Gasteiger partial charge in [-0.1, -0.05) is 12.1 Å². The Bertz CT molecular complexity index is 524. The van der Waals surface area contributed by atoms with Gasteiger partial charge in [-0.15, -0.1) is 0 Å². The maximum absolute atomic E-state index is 11.8. The van der Waals surface area contributed by atoms with Gasteiger partial charge in [-0.3, -0.25) is 10.1 Å². The number of rotatable bonds is 5. The van der Waals surface area contributed by atoms with Crippen molar-refractivity contribution in [3.05, 3.63) is 39.9 Å². The van der Waals surface area contributed by atoms with Crippen LogP contribution in [0.15, 0.2) is 24.3 Å². The van der Waals surface area contributed by atoms with Crippen molar-refractivity contribution in [2.75, 3.05) is 6.26 Å². The lowest BCUT2D eigenvalue weighted by Gasteiger charge is -2.13. The summed E-state index contributed by atoms with van der Waals surface area (Å²) in [6, 6.07) is 6.30. The maximum Gasteiger partial charge on any atom is 0.315 e. The number of hydrogen-bond donors (Lipinski definition) is 2. The number of carbonyl (C=O) groups excluding carboxylic acids is 1. The van der Waals surface area contributed by atoms with E-state index in [4.69, 9.17) is 0 Å². The van der Waals surface area contributed by atoms with Crippen molar-refractivity contribution in [3.63, 3.8) is 0 Å². The van der Waals surface area contributed by atoms with Crippen LogP contribution in [0.5, 0.6) is 0 Å². The predicted octanol–water partition coefficient (Wildman–Crippen LogP) is 2.68. The Balaban J connectivity index is 1.79. The molecule has 2 rings (SSSR count). The molecule has 2 N–H and O–H groups in total. The van der Waals surface area contributed by atoms with Crippen molar-refractivity contribution in [2.24, 2.45) is 0 Å². The van der Waals surface area contributed by atoms with Crippen LogP contribution in [0.25, 0.3) is 0 Å². The minimum absolute atomic E-state index is 0.0355. The summed E-state index contributed by atoms with van der Waals surface area (Å²) in [6.07, 6.45) is 5.24. The van der Waals surface area contributed by atoms with Crippen molar-refractivity contribution >= 4 is 23.5 Å². The van der Waals surface area contributed by atoms with Crippen LogP contribution >= 0.6 is 11.8 Å². The molecule has 21 heavy (non-hydrogen) atoms. The molecule has 0 aliphatic heterocycles. The summed E-state index contributed by atoms with van der Waals surface area (Å²) in [5.74, 6) is 0. The number of benzene rings is 1. The summed E-state index contributed by atoms with van der Waals surface area (Å²) in [5.41, 5.74) is 0.751. The molecule has 1 saturated carbocycles. The van der Waals surface area contributed by atoms with E-state index in [1.54, 1.807) is 12.1 Å². The highest BCUT2D eigenvalue weighted by molar-refractivity contribution is 7.99. The Morgan fingerprint density at radius 2 is 2.29 bits per heavy atom. The van der Waals surface area contributed by atoms with Gasteiger partial charge in [-0.05, 0) is 31.1 Å². The summed E-state index contributed by atoms with van der Waals surface area (Å²) in [7, 11) is 0. The van der Waals surface area contributed by atoms with Crippen LogP contribution in [-0.2, 0) is 6.54 Å². The zero-order chi connectivity index (χ0) is 15.2. The van der Waals surface area contributed by atoms with Crippen LogP contribution < -0.4 is 10.6 Å². The molecule has 0 saturated heterocycles. The van der Waals surface area contributed by atoms with Gasteiger partial charge < -0.3 is 10.6 Å². The predicted molar refractivity (Wildman–Crippen MR) is 83.4 cm³/mol. The average molecular weight is 309 g/mol. The molecule has 6 nitrogen and oxygen atoms in total. The molecule has 0 unspecified atom stereocenters. The fourth-order valence-corrected chi connectivity index (χ4v) is 3.28. The maximum atomic E-state index is 11.8. The molecule has 1 aromatic rings. The number of hydrogen-bond acceptors (Lipinski definition) is 4. The topological polar surface area (TPSA) is 84.3 Å². The minimum Gasteiger partial charge on any atom is -0.335 e. The molecule has 1 aromatic carbocycles. The number of thioether (sulfide) groups is 1. The number of nitrogens with one attached hydrogen (secondary N) is 2. The van der Waals surface area contributed by atoms with Crippen LogP contribution in [0.4, 0.5) is 10.5 Å². The fourth-order valence-electron chi connectivity index (χ4n) is 2.48. The molecule has 2 atom stereocenters. The third-order valence-corrected chi connectivity index (χ3v) is 4.72. The normalized spacial score (nSPS) is 21.0. The van der Waals surface area contributed by atoms with Crippen molar-refractivity contribution < 1.29 is 9.72 Å². The third kappa shape index (κ3) is 4.63. The number of carbonyl (C=O) groups is 1. The van der Waals surface area contributed by atoms with Crippen LogP contribution in [0.3, 0.4) is 0 Å². The van der Waals surface area contributed by atoms with E-state index < -0.39 is 4.92 Å². The lowest BCUT2D eigenvalue weighted by atomic mass is 10.2. The first-order valence-electron chi connectivity index (χ1n) is 6.89. The van der Waals surface area contributed by atoms with Gasteiger partial charge in [-0.2, -0.15) is 11.8 Å². The smallest absolute Gasteiger partial charge is 0.315 e. The summed E-state index contributed by atoms with van der Waals surface area (Å²) in [4.78, 5) is 22.1. The monoisotopic (exact) mass is 309 g/mol. The number of amides is 2. The molecular formula is C14H19N3O3S. The first-order valence-corrected chi connectivity index (χ1v) is 8.17. The SMILES string of the molecule is CS[C@H]1CC[C@@H](NC(=O)NCc2cccc([N+](=O)[O-])c2)C1. The Kier molecular flexibility index (Phi) is 5.44. The van der Waals surface area contributed by atoms with Gasteiger partial charge in [0.15, 0.2) is 0 Å². The Morgan fingerprint density at radius 3 is 2.95 bits per heavy atom. The highest BCUT2D eigenvalue weighted by atomic mass is 32.2. The van der Waals surface area contributed by atoms with Crippen molar-refractivity contribution in [1.29, 1.82) is 0 Å². The molecule has 1 fully saturated rings. The van der Waals surface area contributed by atoms with E-state index in [0.29, 0.717) is 10.8 Å². The lowest BCUT2D eigenvalue weighted by molar-refractivity contribution is -0.384. The number of nitro groups is 1. The van der Waals surface area contributed by atoms with Crippen LogP contribution in [0.1, 0.15) is 24.8 Å². The van der Waals surface area contributed by atoms with E-state index in [1.165, 1.54) is 12.1 Å². The molecular weight excluding hydrogens is 290 g/mol. The second kappa shape index (κ2) is 7.31. The van der Waals surface area contributed by atoms with Gasteiger partial charge in [0, 0.05) is 30.0 Å². The van der Waals surface area contributed by atoms with Gasteiger partial charge in [-0.25, -0.2) is 4.79 Å². The first kappa shape index (κ1) is 15.6. The average Bonchev–Trinajstić information content (AvgIpc) is 2.93. The highest BCUT2D eigenvalue weighted by Crippen LogP contribution is 2.27. The summed E-state index contributed by atoms with van der Waals surface area (Å²) in [5, 5.41) is 17.0. The Hall–Kier alpha value is -1.76. The molecule has 0 heterocycles. The van der Waals surface area contributed by atoms with Crippen LogP contribution in [0, 0.1) is 10.1 Å². The minimum atomic E-state index is -0.440. The van der Waals surface area contributed by atoms with Crippen LogP contribution in [0.2, 0.25) is 0 Å². The first-order chi connectivity index (χ1) is 10.1. The van der Waals surface area contributed by atoms with Crippen molar-refractivity contribution in [3.8, 4) is 0 Å². The molecule has 2 amide bonds.